The Morgan fingerprint density at radius 3 is 2.61 bits per heavy atom. The second-order valence-corrected chi connectivity index (χ2v) is 9.46. The molecule has 1 N–H and O–H groups in total. The average Bonchev–Trinajstić information content (AvgIpc) is 3.25. The van der Waals surface area contributed by atoms with Crippen LogP contribution in [0.25, 0.3) is 11.3 Å². The molecule has 2 heterocycles. The van der Waals surface area contributed by atoms with E-state index in [-0.39, 0.29) is 4.90 Å². The van der Waals surface area contributed by atoms with E-state index in [9.17, 15) is 8.42 Å². The van der Waals surface area contributed by atoms with Crippen LogP contribution < -0.4 is 4.83 Å². The number of aryl methyl sites for hydroxylation is 1. The minimum atomic E-state index is -3.73. The Bertz CT molecular complexity index is 1140. The highest BCUT2D eigenvalue weighted by molar-refractivity contribution is 7.99. The van der Waals surface area contributed by atoms with Crippen molar-refractivity contribution in [1.29, 1.82) is 0 Å². The molecule has 1 aliphatic heterocycles. The molecule has 0 amide bonds. The smallest absolute Gasteiger partial charge is 0.276 e. The van der Waals surface area contributed by atoms with Gasteiger partial charge in [0.1, 0.15) is 0 Å². The van der Waals surface area contributed by atoms with Crippen molar-refractivity contribution in [3.05, 3.63) is 64.8 Å². The van der Waals surface area contributed by atoms with Crippen LogP contribution in [-0.2, 0) is 16.6 Å². The third-order valence-corrected chi connectivity index (χ3v) is 6.77. The zero-order chi connectivity index (χ0) is 19.7. The van der Waals surface area contributed by atoms with Gasteiger partial charge >= 0.3 is 0 Å². The van der Waals surface area contributed by atoms with Gasteiger partial charge in [-0.25, -0.2) is 9.82 Å². The van der Waals surface area contributed by atoms with Crippen LogP contribution in [0, 0.1) is 6.92 Å². The summed E-state index contributed by atoms with van der Waals surface area (Å²) in [6, 6.07) is 14.0. The third kappa shape index (κ3) is 3.80. The predicted molar refractivity (Wildman–Crippen MR) is 112 cm³/mol. The van der Waals surface area contributed by atoms with E-state index in [4.69, 9.17) is 11.6 Å². The molecule has 1 aliphatic rings. The minimum Gasteiger partial charge on any atom is -0.317 e. The molecular weight excluding hydrogens is 416 g/mol. The highest BCUT2D eigenvalue weighted by Crippen LogP contribution is 2.32. The summed E-state index contributed by atoms with van der Waals surface area (Å²) in [4.78, 5) is 7.14. The first kappa shape index (κ1) is 19.0. The molecule has 3 aromatic rings. The molecule has 0 saturated carbocycles. The fraction of sp³-hybridized carbons (Fsp3) is 0.158. The van der Waals surface area contributed by atoms with E-state index in [0.29, 0.717) is 5.02 Å². The fourth-order valence-electron chi connectivity index (χ4n) is 2.88. The first-order chi connectivity index (χ1) is 13.4. The quantitative estimate of drug-likeness (QED) is 0.489. The predicted octanol–water partition coefficient (Wildman–Crippen LogP) is 3.93. The molecule has 4 rings (SSSR count). The van der Waals surface area contributed by atoms with Crippen molar-refractivity contribution < 1.29 is 8.42 Å². The first-order valence-corrected chi connectivity index (χ1v) is 11.4. The Kier molecular flexibility index (Phi) is 5.18. The number of hydrogen-bond acceptors (Lipinski definition) is 5. The summed E-state index contributed by atoms with van der Waals surface area (Å²) < 4.78 is 26.9. The summed E-state index contributed by atoms with van der Waals surface area (Å²) in [5.41, 5.74) is 3.39. The van der Waals surface area contributed by atoms with Crippen LogP contribution in [0.4, 0.5) is 0 Å². The number of rotatable bonds is 5. The van der Waals surface area contributed by atoms with Gasteiger partial charge in [-0.05, 0) is 31.2 Å². The summed E-state index contributed by atoms with van der Waals surface area (Å²) in [6.07, 6.45) is 1.51. The molecule has 2 aromatic carbocycles. The highest BCUT2D eigenvalue weighted by Gasteiger charge is 2.22. The van der Waals surface area contributed by atoms with Crippen LogP contribution >= 0.6 is 23.4 Å². The van der Waals surface area contributed by atoms with Crippen molar-refractivity contribution in [3.63, 3.8) is 0 Å². The largest absolute Gasteiger partial charge is 0.317 e. The van der Waals surface area contributed by atoms with Gasteiger partial charge in [0.2, 0.25) is 0 Å². The molecule has 28 heavy (non-hydrogen) atoms. The van der Waals surface area contributed by atoms with Gasteiger partial charge in [0.25, 0.3) is 10.0 Å². The van der Waals surface area contributed by atoms with E-state index in [1.807, 2.05) is 23.6 Å². The zero-order valence-corrected chi connectivity index (χ0v) is 17.4. The van der Waals surface area contributed by atoms with Crippen molar-refractivity contribution in [1.82, 2.24) is 14.4 Å². The number of nitrogens with one attached hydrogen (secondary N) is 1. The normalized spacial score (nSPS) is 13.8. The first-order valence-electron chi connectivity index (χ1n) is 8.55. The standard InChI is InChI=1S/C19H17ClN4O2S2/c1-13-2-8-16(9-3-13)28(25,26)23-21-12-17-18(14-4-6-15(20)7-5-14)22-19-24(17)10-11-27-19/h2-9,12,23H,10-11H2,1H3/b21-12+. The van der Waals surface area contributed by atoms with Gasteiger partial charge in [-0.1, -0.05) is 53.2 Å². The highest BCUT2D eigenvalue weighted by atomic mass is 35.5. The topological polar surface area (TPSA) is 76.3 Å². The van der Waals surface area contributed by atoms with Crippen LogP contribution in [0.3, 0.4) is 0 Å². The Morgan fingerprint density at radius 2 is 1.89 bits per heavy atom. The maximum absolute atomic E-state index is 12.4. The molecule has 0 aliphatic carbocycles. The lowest BCUT2D eigenvalue weighted by molar-refractivity contribution is 0.584. The Balaban J connectivity index is 1.64. The van der Waals surface area contributed by atoms with Gasteiger partial charge in [-0.2, -0.15) is 13.5 Å². The second-order valence-electron chi connectivity index (χ2n) is 6.30. The minimum absolute atomic E-state index is 0.169. The van der Waals surface area contributed by atoms with Crippen molar-refractivity contribution in [2.45, 2.75) is 23.5 Å². The summed E-state index contributed by atoms with van der Waals surface area (Å²) in [5.74, 6) is 0.930. The molecule has 144 valence electrons. The zero-order valence-electron chi connectivity index (χ0n) is 15.0. The van der Waals surface area contributed by atoms with Crippen LogP contribution in [0.1, 0.15) is 11.3 Å². The van der Waals surface area contributed by atoms with Gasteiger partial charge in [0, 0.05) is 22.9 Å². The maximum atomic E-state index is 12.4. The summed E-state index contributed by atoms with van der Waals surface area (Å²) in [6.45, 7) is 2.70. The SMILES string of the molecule is Cc1ccc(S(=O)(=O)N/N=C/c2c(-c3ccc(Cl)cc3)nc3n2CCS3)cc1. The molecule has 0 saturated heterocycles. The lowest BCUT2D eigenvalue weighted by Crippen LogP contribution is -2.18. The summed E-state index contributed by atoms with van der Waals surface area (Å²) in [7, 11) is -3.73. The fourth-order valence-corrected chi connectivity index (χ4v) is 4.75. The third-order valence-electron chi connectivity index (χ3n) is 4.33. The number of hydrogen-bond donors (Lipinski definition) is 1. The lowest BCUT2D eigenvalue weighted by atomic mass is 10.1. The van der Waals surface area contributed by atoms with Crippen LogP contribution in [0.15, 0.2) is 63.7 Å². The van der Waals surface area contributed by atoms with E-state index in [1.54, 1.807) is 48.2 Å². The van der Waals surface area contributed by atoms with Crippen molar-refractivity contribution in [2.75, 3.05) is 5.75 Å². The number of halogens is 1. The van der Waals surface area contributed by atoms with Gasteiger partial charge in [0.05, 0.1) is 22.5 Å². The van der Waals surface area contributed by atoms with Crippen LogP contribution in [0.2, 0.25) is 5.02 Å². The molecule has 9 heteroatoms. The number of aromatic nitrogens is 2. The van der Waals surface area contributed by atoms with Crippen molar-refractivity contribution >= 4 is 39.6 Å². The van der Waals surface area contributed by atoms with Gasteiger partial charge in [-0.15, -0.1) is 0 Å². The van der Waals surface area contributed by atoms with E-state index in [1.165, 1.54) is 6.21 Å². The number of imidazole rings is 1. The molecule has 6 nitrogen and oxygen atoms in total. The Hall–Kier alpha value is -2.29. The van der Waals surface area contributed by atoms with Gasteiger partial charge in [-0.3, -0.25) is 0 Å². The van der Waals surface area contributed by atoms with E-state index < -0.39 is 10.0 Å². The van der Waals surface area contributed by atoms with Gasteiger partial charge < -0.3 is 4.57 Å². The second kappa shape index (κ2) is 7.62. The van der Waals surface area contributed by atoms with E-state index in [2.05, 4.69) is 14.9 Å². The molecule has 0 radical (unpaired) electrons. The number of nitrogens with zero attached hydrogens (tertiary/aromatic N) is 3. The molecule has 0 fully saturated rings. The van der Waals surface area contributed by atoms with Crippen molar-refractivity contribution in [2.24, 2.45) is 5.10 Å². The number of thioether (sulfide) groups is 1. The molecule has 1 aromatic heterocycles. The van der Waals surface area contributed by atoms with Crippen LogP contribution in [0.5, 0.6) is 0 Å². The summed E-state index contributed by atoms with van der Waals surface area (Å²) >= 11 is 7.65. The number of fused-ring (bicyclic) bond motifs is 1. The number of sulfonamides is 1. The number of hydrazone groups is 1. The molecular formula is C19H17ClN4O2S2. The van der Waals surface area contributed by atoms with E-state index in [0.717, 1.165) is 40.0 Å². The molecule has 0 bridgehead atoms. The molecule has 0 unspecified atom stereocenters. The average molecular weight is 433 g/mol. The van der Waals surface area contributed by atoms with E-state index >= 15 is 0 Å². The van der Waals surface area contributed by atoms with Crippen molar-refractivity contribution in [3.8, 4) is 11.3 Å². The Labute approximate surface area is 172 Å². The summed E-state index contributed by atoms with van der Waals surface area (Å²) in [5, 5.41) is 5.55. The molecule has 0 atom stereocenters. The van der Waals surface area contributed by atoms with Crippen LogP contribution in [-0.4, -0.2) is 29.9 Å². The van der Waals surface area contributed by atoms with Gasteiger partial charge in [0.15, 0.2) is 5.16 Å². The number of benzene rings is 2. The monoisotopic (exact) mass is 432 g/mol. The molecule has 0 spiro atoms. The Morgan fingerprint density at radius 1 is 1.18 bits per heavy atom. The maximum Gasteiger partial charge on any atom is 0.276 e. The lowest BCUT2D eigenvalue weighted by Gasteiger charge is -2.05.